The van der Waals surface area contributed by atoms with Gasteiger partial charge in [-0.25, -0.2) is 4.98 Å². The molecule has 0 saturated heterocycles. The van der Waals surface area contributed by atoms with Gasteiger partial charge in [0.1, 0.15) is 5.82 Å². The van der Waals surface area contributed by atoms with Gasteiger partial charge in [-0.2, -0.15) is 0 Å². The van der Waals surface area contributed by atoms with Crippen LogP contribution in [0.5, 0.6) is 0 Å². The Morgan fingerprint density at radius 2 is 1.57 bits per heavy atom. The van der Waals surface area contributed by atoms with Crippen molar-refractivity contribution in [1.29, 1.82) is 0 Å². The molecule has 3 heteroatoms. The quantitative estimate of drug-likeness (QED) is 0.822. The van der Waals surface area contributed by atoms with Gasteiger partial charge in [-0.15, -0.1) is 0 Å². The fraction of sp³-hybridized carbons (Fsp3) is 0. The number of nitrogens with two attached hydrogens (primary N) is 1. The molecule has 2 nitrogen and oxygen atoms in total. The molecule has 0 fully saturated rings. The maximum absolute atomic E-state index is 5.52. The van der Waals surface area contributed by atoms with E-state index >= 15 is 0 Å². The van der Waals surface area contributed by atoms with E-state index < -0.39 is 0 Å². The molecule has 1 aromatic heterocycles. The largest absolute Gasteiger partial charge is 0.384 e. The molecular weight excluding hydrogens is 287 g/mol. The van der Waals surface area contributed by atoms with Crippen molar-refractivity contribution in [3.63, 3.8) is 0 Å². The average molecular weight is 296 g/mol. The summed E-state index contributed by atoms with van der Waals surface area (Å²) in [6.45, 7) is 0. The summed E-state index contributed by atoms with van der Waals surface area (Å²) < 4.78 is 1.23. The predicted octanol–water partition coefficient (Wildman–Crippen LogP) is 2.94. The zero-order valence-electron chi connectivity index (χ0n) is 7.44. The lowest BCUT2D eigenvalue weighted by molar-refractivity contribution is 1.34. The van der Waals surface area contributed by atoms with E-state index in [1.165, 1.54) is 3.57 Å². The van der Waals surface area contributed by atoms with Crippen LogP contribution in [0.15, 0.2) is 42.6 Å². The Morgan fingerprint density at radius 1 is 0.929 bits per heavy atom. The molecule has 2 N–H and O–H groups in total. The molecule has 14 heavy (non-hydrogen) atoms. The number of hydrogen-bond acceptors (Lipinski definition) is 2. The predicted molar refractivity (Wildman–Crippen MR) is 66.8 cm³/mol. The van der Waals surface area contributed by atoms with Gasteiger partial charge in [-0.1, -0.05) is 12.1 Å². The monoisotopic (exact) mass is 296 g/mol. The Morgan fingerprint density at radius 3 is 2.14 bits per heavy atom. The highest BCUT2D eigenvalue weighted by molar-refractivity contribution is 14.1. The molecule has 2 rings (SSSR count). The van der Waals surface area contributed by atoms with Crippen LogP contribution >= 0.6 is 22.6 Å². The number of nitrogens with zero attached hydrogens (tertiary/aromatic N) is 1. The molecule has 0 saturated carbocycles. The van der Waals surface area contributed by atoms with Crippen LogP contribution in [0.2, 0.25) is 0 Å². The molecule has 0 aliphatic carbocycles. The van der Waals surface area contributed by atoms with Crippen LogP contribution in [0.1, 0.15) is 0 Å². The maximum atomic E-state index is 5.52. The van der Waals surface area contributed by atoms with E-state index in [0.717, 1.165) is 11.1 Å². The smallest absolute Gasteiger partial charge is 0.123 e. The number of rotatable bonds is 1. The number of aromatic nitrogens is 1. The van der Waals surface area contributed by atoms with Gasteiger partial charge in [0.05, 0.1) is 0 Å². The van der Waals surface area contributed by atoms with Crippen molar-refractivity contribution >= 4 is 28.4 Å². The SMILES string of the molecule is Nc1ccc(-c2ccc(I)cc2)cn1. The maximum Gasteiger partial charge on any atom is 0.123 e. The molecule has 2 aromatic rings. The first-order chi connectivity index (χ1) is 6.75. The molecule has 0 aliphatic heterocycles. The minimum absolute atomic E-state index is 0.555. The summed E-state index contributed by atoms with van der Waals surface area (Å²) >= 11 is 2.29. The molecule has 70 valence electrons. The number of anilines is 1. The molecule has 0 amide bonds. The van der Waals surface area contributed by atoms with Gasteiger partial charge in [0.2, 0.25) is 0 Å². The summed E-state index contributed by atoms with van der Waals surface area (Å²) in [7, 11) is 0. The van der Waals surface area contributed by atoms with Crippen molar-refractivity contribution in [1.82, 2.24) is 4.98 Å². The fourth-order valence-corrected chi connectivity index (χ4v) is 1.58. The van der Waals surface area contributed by atoms with E-state index in [1.807, 2.05) is 12.1 Å². The van der Waals surface area contributed by atoms with E-state index in [1.54, 1.807) is 6.20 Å². The highest BCUT2D eigenvalue weighted by atomic mass is 127. The molecule has 0 aliphatic rings. The minimum atomic E-state index is 0.555. The first-order valence-corrected chi connectivity index (χ1v) is 5.31. The summed E-state index contributed by atoms with van der Waals surface area (Å²) in [6.07, 6.45) is 1.79. The summed E-state index contributed by atoms with van der Waals surface area (Å²) in [5.74, 6) is 0.555. The number of pyridine rings is 1. The highest BCUT2D eigenvalue weighted by Gasteiger charge is 1.96. The number of nitrogen functional groups attached to an aromatic ring is 1. The van der Waals surface area contributed by atoms with Gasteiger partial charge in [-0.05, 0) is 52.4 Å². The Labute approximate surface area is 96.3 Å². The number of halogens is 1. The van der Waals surface area contributed by atoms with E-state index in [2.05, 4.69) is 51.8 Å². The molecular formula is C11H9IN2. The average Bonchev–Trinajstić information content (AvgIpc) is 2.21. The lowest BCUT2D eigenvalue weighted by Crippen LogP contribution is -1.88. The van der Waals surface area contributed by atoms with Crippen LogP contribution in [-0.2, 0) is 0 Å². The van der Waals surface area contributed by atoms with Crippen LogP contribution in [0.25, 0.3) is 11.1 Å². The van der Waals surface area contributed by atoms with Crippen LogP contribution in [0.4, 0.5) is 5.82 Å². The van der Waals surface area contributed by atoms with Crippen molar-refractivity contribution in [3.05, 3.63) is 46.2 Å². The van der Waals surface area contributed by atoms with Crippen molar-refractivity contribution < 1.29 is 0 Å². The van der Waals surface area contributed by atoms with E-state index in [9.17, 15) is 0 Å². The Kier molecular flexibility index (Phi) is 2.67. The lowest BCUT2D eigenvalue weighted by Gasteiger charge is -2.01. The number of hydrogen-bond donors (Lipinski definition) is 1. The van der Waals surface area contributed by atoms with Gasteiger partial charge < -0.3 is 5.73 Å². The second-order valence-electron chi connectivity index (χ2n) is 2.98. The zero-order valence-corrected chi connectivity index (χ0v) is 9.60. The van der Waals surface area contributed by atoms with E-state index in [0.29, 0.717) is 5.82 Å². The summed E-state index contributed by atoms with van der Waals surface area (Å²) in [6, 6.07) is 12.1. The Hall–Kier alpha value is -1.10. The van der Waals surface area contributed by atoms with E-state index in [-0.39, 0.29) is 0 Å². The topological polar surface area (TPSA) is 38.9 Å². The second-order valence-corrected chi connectivity index (χ2v) is 4.22. The molecule has 0 unspecified atom stereocenters. The van der Waals surface area contributed by atoms with Gasteiger partial charge in [0.15, 0.2) is 0 Å². The van der Waals surface area contributed by atoms with Crippen LogP contribution in [0, 0.1) is 3.57 Å². The third kappa shape index (κ3) is 2.04. The third-order valence-electron chi connectivity index (χ3n) is 1.96. The van der Waals surface area contributed by atoms with E-state index in [4.69, 9.17) is 5.73 Å². The third-order valence-corrected chi connectivity index (χ3v) is 2.68. The standard InChI is InChI=1S/C11H9IN2/c12-10-4-1-8(2-5-10)9-3-6-11(13)14-7-9/h1-7H,(H2,13,14). The fourth-order valence-electron chi connectivity index (χ4n) is 1.22. The first kappa shape index (κ1) is 9.45. The molecule has 0 bridgehead atoms. The molecule has 0 radical (unpaired) electrons. The summed E-state index contributed by atoms with van der Waals surface area (Å²) in [5.41, 5.74) is 7.77. The Bertz CT molecular complexity index is 377. The highest BCUT2D eigenvalue weighted by Crippen LogP contribution is 2.19. The van der Waals surface area contributed by atoms with Crippen LogP contribution < -0.4 is 5.73 Å². The van der Waals surface area contributed by atoms with Gasteiger partial charge in [-0.3, -0.25) is 0 Å². The van der Waals surface area contributed by atoms with Gasteiger partial charge in [0, 0.05) is 15.3 Å². The second kappa shape index (κ2) is 3.96. The molecule has 1 aromatic carbocycles. The zero-order chi connectivity index (χ0) is 9.97. The van der Waals surface area contributed by atoms with Gasteiger partial charge in [0.25, 0.3) is 0 Å². The summed E-state index contributed by atoms with van der Waals surface area (Å²) in [4.78, 5) is 4.05. The van der Waals surface area contributed by atoms with Crippen molar-refractivity contribution in [2.24, 2.45) is 0 Å². The van der Waals surface area contributed by atoms with Crippen LogP contribution in [0.3, 0.4) is 0 Å². The molecule has 0 atom stereocenters. The molecule has 1 heterocycles. The first-order valence-electron chi connectivity index (χ1n) is 4.23. The molecule has 0 spiro atoms. The summed E-state index contributed by atoms with van der Waals surface area (Å²) in [5, 5.41) is 0. The van der Waals surface area contributed by atoms with Crippen molar-refractivity contribution in [3.8, 4) is 11.1 Å². The van der Waals surface area contributed by atoms with Gasteiger partial charge >= 0.3 is 0 Å². The number of benzene rings is 1. The lowest BCUT2D eigenvalue weighted by atomic mass is 10.1. The Balaban J connectivity index is 2.40. The normalized spacial score (nSPS) is 10.1. The minimum Gasteiger partial charge on any atom is -0.384 e. The van der Waals surface area contributed by atoms with Crippen LogP contribution in [-0.4, -0.2) is 4.98 Å². The van der Waals surface area contributed by atoms with Crippen molar-refractivity contribution in [2.45, 2.75) is 0 Å². The van der Waals surface area contributed by atoms with Crippen molar-refractivity contribution in [2.75, 3.05) is 5.73 Å².